The Bertz CT molecular complexity index is 593. The average Bonchev–Trinajstić information content (AvgIpc) is 3.08. The first-order chi connectivity index (χ1) is 11.5. The molecule has 130 valence electrons. The van der Waals surface area contributed by atoms with Crippen molar-refractivity contribution in [3.05, 3.63) is 35.9 Å². The fraction of sp³-hybridized carbons (Fsp3) is 0.438. The predicted molar refractivity (Wildman–Crippen MR) is 84.7 cm³/mol. The maximum Gasteiger partial charge on any atom is 0.421 e. The maximum atomic E-state index is 12.3. The van der Waals surface area contributed by atoms with Crippen molar-refractivity contribution in [2.75, 3.05) is 6.54 Å². The van der Waals surface area contributed by atoms with Gasteiger partial charge in [0.05, 0.1) is 0 Å². The molecule has 1 aliphatic heterocycles. The zero-order chi connectivity index (χ0) is 17.5. The zero-order valence-electron chi connectivity index (χ0n) is 13.4. The molecule has 1 heterocycles. The highest BCUT2D eigenvalue weighted by Crippen LogP contribution is 2.18. The van der Waals surface area contributed by atoms with Crippen LogP contribution in [-0.4, -0.2) is 46.6 Å². The van der Waals surface area contributed by atoms with Crippen LogP contribution in [0.1, 0.15) is 25.3 Å². The van der Waals surface area contributed by atoms with E-state index in [2.05, 4.69) is 10.9 Å². The first-order valence-electron chi connectivity index (χ1n) is 7.74. The Morgan fingerprint density at radius 1 is 1.33 bits per heavy atom. The molecule has 0 radical (unpaired) electrons. The molecule has 1 fully saturated rings. The molecule has 8 heteroatoms. The maximum absolute atomic E-state index is 12.3. The van der Waals surface area contributed by atoms with Crippen molar-refractivity contribution < 1.29 is 24.2 Å². The molecule has 1 aliphatic rings. The standard InChI is InChI=1S/C16H21N3O5/c1-11(14(20)19-9-5-8-13(19)15(21)22)17-18-16(23)24-10-12-6-3-2-4-7-12/h2-4,6-7,11,13,17H,5,8-10H2,1H3,(H,18,23)(H,21,22)/t11?,13-/m0/s1. The summed E-state index contributed by atoms with van der Waals surface area (Å²) in [5.74, 6) is -1.38. The van der Waals surface area contributed by atoms with Gasteiger partial charge in [-0.15, -0.1) is 0 Å². The quantitative estimate of drug-likeness (QED) is 0.666. The molecular formula is C16H21N3O5. The van der Waals surface area contributed by atoms with E-state index in [4.69, 9.17) is 9.84 Å². The molecule has 1 saturated heterocycles. The monoisotopic (exact) mass is 335 g/mol. The van der Waals surface area contributed by atoms with Crippen LogP contribution >= 0.6 is 0 Å². The largest absolute Gasteiger partial charge is 0.480 e. The van der Waals surface area contributed by atoms with Gasteiger partial charge >= 0.3 is 12.1 Å². The summed E-state index contributed by atoms with van der Waals surface area (Å²) in [7, 11) is 0. The number of rotatable bonds is 6. The van der Waals surface area contributed by atoms with Crippen LogP contribution in [0, 0.1) is 0 Å². The number of benzene rings is 1. The lowest BCUT2D eigenvalue weighted by Crippen LogP contribution is -2.53. The second-order valence-corrected chi connectivity index (χ2v) is 5.58. The highest BCUT2D eigenvalue weighted by molar-refractivity contribution is 5.87. The van der Waals surface area contributed by atoms with Crippen LogP contribution in [0.5, 0.6) is 0 Å². The van der Waals surface area contributed by atoms with Crippen molar-refractivity contribution in [2.45, 2.75) is 38.5 Å². The van der Waals surface area contributed by atoms with Crippen LogP contribution in [0.4, 0.5) is 4.79 Å². The van der Waals surface area contributed by atoms with E-state index < -0.39 is 24.1 Å². The third-order valence-corrected chi connectivity index (χ3v) is 3.79. The van der Waals surface area contributed by atoms with Gasteiger partial charge in [-0.1, -0.05) is 30.3 Å². The smallest absolute Gasteiger partial charge is 0.421 e. The molecule has 0 aliphatic carbocycles. The number of carboxylic acid groups (broad SMARTS) is 1. The van der Waals surface area contributed by atoms with E-state index in [0.29, 0.717) is 19.4 Å². The number of hydrogen-bond donors (Lipinski definition) is 3. The summed E-state index contributed by atoms with van der Waals surface area (Å²) in [6.45, 7) is 2.07. The Kier molecular flexibility index (Phi) is 6.14. The van der Waals surface area contributed by atoms with Gasteiger partial charge in [0.2, 0.25) is 5.91 Å². The van der Waals surface area contributed by atoms with E-state index in [1.54, 1.807) is 6.92 Å². The minimum atomic E-state index is -1.01. The Morgan fingerprint density at radius 3 is 2.71 bits per heavy atom. The summed E-state index contributed by atoms with van der Waals surface area (Å²) in [6, 6.07) is 7.63. The van der Waals surface area contributed by atoms with Crippen LogP contribution in [0.2, 0.25) is 0 Å². The second kappa shape index (κ2) is 8.30. The van der Waals surface area contributed by atoms with Crippen LogP contribution in [0.3, 0.4) is 0 Å². The van der Waals surface area contributed by atoms with Gasteiger partial charge in [-0.3, -0.25) is 10.2 Å². The molecule has 0 bridgehead atoms. The van der Waals surface area contributed by atoms with Crippen LogP contribution < -0.4 is 10.9 Å². The van der Waals surface area contributed by atoms with E-state index in [9.17, 15) is 14.4 Å². The first-order valence-corrected chi connectivity index (χ1v) is 7.74. The summed E-state index contributed by atoms with van der Waals surface area (Å²) in [5, 5.41) is 9.11. The van der Waals surface area contributed by atoms with E-state index in [0.717, 1.165) is 5.56 Å². The van der Waals surface area contributed by atoms with Crippen molar-refractivity contribution in [3.63, 3.8) is 0 Å². The van der Waals surface area contributed by atoms with Crippen LogP contribution in [0.15, 0.2) is 30.3 Å². The Morgan fingerprint density at radius 2 is 2.04 bits per heavy atom. The summed E-state index contributed by atoms with van der Waals surface area (Å²) in [5.41, 5.74) is 5.69. The zero-order valence-corrected chi connectivity index (χ0v) is 13.4. The van der Waals surface area contributed by atoms with Gasteiger partial charge in [-0.2, -0.15) is 0 Å². The molecule has 2 amide bonds. The minimum absolute atomic E-state index is 0.115. The van der Waals surface area contributed by atoms with Crippen molar-refractivity contribution >= 4 is 18.0 Å². The molecule has 1 aromatic carbocycles. The highest BCUT2D eigenvalue weighted by atomic mass is 16.6. The van der Waals surface area contributed by atoms with Gasteiger partial charge in [0.15, 0.2) is 0 Å². The average molecular weight is 335 g/mol. The van der Waals surface area contributed by atoms with Gasteiger partial charge in [0, 0.05) is 6.54 Å². The van der Waals surface area contributed by atoms with Gasteiger partial charge in [-0.25, -0.2) is 15.0 Å². The first kappa shape index (κ1) is 17.7. The topological polar surface area (TPSA) is 108 Å². The van der Waals surface area contributed by atoms with Crippen molar-refractivity contribution in [2.24, 2.45) is 0 Å². The lowest BCUT2D eigenvalue weighted by Gasteiger charge is -2.25. The lowest BCUT2D eigenvalue weighted by atomic mass is 10.2. The fourth-order valence-electron chi connectivity index (χ4n) is 2.52. The number of carbonyl (C=O) groups is 3. The summed E-state index contributed by atoms with van der Waals surface area (Å²) in [4.78, 5) is 36.3. The molecule has 0 saturated carbocycles. The van der Waals surface area contributed by atoms with Gasteiger partial charge < -0.3 is 14.7 Å². The summed E-state index contributed by atoms with van der Waals surface area (Å²) in [6.07, 6.45) is 0.386. The SMILES string of the molecule is CC(NNC(=O)OCc1ccccc1)C(=O)N1CCC[C@H]1C(=O)O. The highest BCUT2D eigenvalue weighted by Gasteiger charge is 2.35. The number of ether oxygens (including phenoxy) is 1. The molecule has 2 atom stereocenters. The molecule has 2 rings (SSSR count). The molecule has 1 unspecified atom stereocenters. The predicted octanol–water partition coefficient (Wildman–Crippen LogP) is 0.881. The van der Waals surface area contributed by atoms with Gasteiger partial charge in [0.25, 0.3) is 0 Å². The molecule has 0 spiro atoms. The van der Waals surface area contributed by atoms with E-state index >= 15 is 0 Å². The third kappa shape index (κ3) is 4.69. The van der Waals surface area contributed by atoms with Crippen molar-refractivity contribution in [1.29, 1.82) is 0 Å². The number of nitrogens with zero attached hydrogens (tertiary/aromatic N) is 1. The van der Waals surface area contributed by atoms with E-state index in [-0.39, 0.29) is 12.5 Å². The number of nitrogens with one attached hydrogen (secondary N) is 2. The number of carboxylic acids is 1. The minimum Gasteiger partial charge on any atom is -0.480 e. The Hall–Kier alpha value is -2.61. The third-order valence-electron chi connectivity index (χ3n) is 3.79. The molecule has 8 nitrogen and oxygen atoms in total. The number of carbonyl (C=O) groups excluding carboxylic acids is 2. The fourth-order valence-corrected chi connectivity index (χ4v) is 2.52. The molecule has 1 aromatic rings. The van der Waals surface area contributed by atoms with Gasteiger partial charge in [-0.05, 0) is 25.3 Å². The Balaban J connectivity index is 1.75. The number of hydrazine groups is 1. The lowest BCUT2D eigenvalue weighted by molar-refractivity contribution is -0.148. The van der Waals surface area contributed by atoms with Gasteiger partial charge in [0.1, 0.15) is 18.7 Å². The molecule has 0 aromatic heterocycles. The van der Waals surface area contributed by atoms with E-state index in [1.165, 1.54) is 4.90 Å². The number of hydrogen-bond acceptors (Lipinski definition) is 5. The second-order valence-electron chi connectivity index (χ2n) is 5.58. The Labute approximate surface area is 139 Å². The summed E-state index contributed by atoms with van der Waals surface area (Å²) >= 11 is 0. The van der Waals surface area contributed by atoms with Crippen molar-refractivity contribution in [3.8, 4) is 0 Å². The number of aliphatic carboxylic acids is 1. The molecule has 24 heavy (non-hydrogen) atoms. The van der Waals surface area contributed by atoms with Crippen LogP contribution in [0.25, 0.3) is 0 Å². The van der Waals surface area contributed by atoms with Crippen molar-refractivity contribution in [1.82, 2.24) is 15.8 Å². The summed E-state index contributed by atoms with van der Waals surface area (Å²) < 4.78 is 5.01. The molecule has 3 N–H and O–H groups in total. The van der Waals surface area contributed by atoms with Crippen LogP contribution in [-0.2, 0) is 20.9 Å². The van der Waals surface area contributed by atoms with E-state index in [1.807, 2.05) is 30.3 Å². The normalized spacial score (nSPS) is 18.0. The number of amides is 2. The molecular weight excluding hydrogens is 314 g/mol. The number of likely N-dealkylation sites (tertiary alicyclic amines) is 1.